The maximum absolute atomic E-state index is 12.7. The Kier molecular flexibility index (Phi) is 7.62. The average molecular weight is 515 g/mol. The van der Waals surface area contributed by atoms with Crippen molar-refractivity contribution in [2.75, 3.05) is 26.2 Å². The third-order valence-corrected chi connectivity index (χ3v) is 7.29. The summed E-state index contributed by atoms with van der Waals surface area (Å²) in [7, 11) is 0. The number of non-ortho nitro benzene ring substituents is 1. The molecule has 0 bridgehead atoms. The van der Waals surface area contributed by atoms with Gasteiger partial charge in [0.05, 0.1) is 9.83 Å². The van der Waals surface area contributed by atoms with Crippen LogP contribution in [0.15, 0.2) is 88.8 Å². The largest absolute Gasteiger partial charge is 0.488 e. The normalized spacial score (nSPS) is 17.2. The highest BCUT2D eigenvalue weighted by atomic mass is 32.2. The smallest absolute Gasteiger partial charge is 0.286 e. The minimum atomic E-state index is -0.427. The van der Waals surface area contributed by atoms with Crippen molar-refractivity contribution < 1.29 is 14.5 Å². The summed E-state index contributed by atoms with van der Waals surface area (Å²) in [4.78, 5) is 32.6. The van der Waals surface area contributed by atoms with Crippen molar-refractivity contribution in [1.82, 2.24) is 9.80 Å². The number of ether oxygens (including phenoxy) is 1. The molecule has 0 atom stereocenters. The van der Waals surface area contributed by atoms with Gasteiger partial charge < -0.3 is 9.64 Å². The molecule has 2 aliphatic rings. The van der Waals surface area contributed by atoms with Gasteiger partial charge in [-0.25, -0.2) is 0 Å². The molecule has 1 fully saturated rings. The van der Waals surface area contributed by atoms with Crippen LogP contribution in [0.3, 0.4) is 0 Å². The van der Waals surface area contributed by atoms with E-state index in [1.807, 2.05) is 36.4 Å². The Morgan fingerprint density at radius 1 is 0.919 bits per heavy atom. The maximum atomic E-state index is 12.7. The maximum Gasteiger partial charge on any atom is 0.286 e. The number of hydrogen-bond donors (Lipinski definition) is 0. The van der Waals surface area contributed by atoms with E-state index in [2.05, 4.69) is 39.1 Å². The Morgan fingerprint density at radius 3 is 2.35 bits per heavy atom. The standard InChI is InChI=1S/C28H26N4O4S/c33-27-26(37-28(29-27)31-16-14-30(15-17-31)19-21-6-2-1-3-7-21)18-23-8-4-5-9-25(23)36-20-22-10-12-24(13-11-22)32(34)35/h1-13,18H,14-17,19-20H2. The predicted octanol–water partition coefficient (Wildman–Crippen LogP) is 4.96. The van der Waals surface area contributed by atoms with Gasteiger partial charge in [-0.15, -0.1) is 0 Å². The van der Waals surface area contributed by atoms with Crippen molar-refractivity contribution in [3.8, 4) is 5.75 Å². The molecule has 0 spiro atoms. The number of rotatable bonds is 7. The number of benzene rings is 3. The Labute approximate surface area is 219 Å². The van der Waals surface area contributed by atoms with Crippen LogP contribution in [-0.4, -0.2) is 52.0 Å². The number of nitro benzene ring substituents is 1. The molecule has 0 radical (unpaired) electrons. The summed E-state index contributed by atoms with van der Waals surface area (Å²) in [5.41, 5.74) is 2.94. The van der Waals surface area contributed by atoms with Gasteiger partial charge in [0.1, 0.15) is 12.4 Å². The fraction of sp³-hybridized carbons (Fsp3) is 0.214. The highest BCUT2D eigenvalue weighted by Crippen LogP contribution is 2.33. The molecule has 0 N–H and O–H groups in total. The molecule has 8 nitrogen and oxygen atoms in total. The number of amidine groups is 1. The molecule has 37 heavy (non-hydrogen) atoms. The second-order valence-electron chi connectivity index (χ2n) is 8.81. The Morgan fingerprint density at radius 2 is 1.62 bits per heavy atom. The molecule has 2 aliphatic heterocycles. The first kappa shape index (κ1) is 24.7. The molecular weight excluding hydrogens is 488 g/mol. The summed E-state index contributed by atoms with van der Waals surface area (Å²) < 4.78 is 5.98. The number of hydrogen-bond acceptors (Lipinski definition) is 7. The molecule has 188 valence electrons. The number of carbonyl (C=O) groups is 1. The number of piperazine rings is 1. The highest BCUT2D eigenvalue weighted by molar-refractivity contribution is 8.18. The number of para-hydroxylation sites is 1. The third-order valence-electron chi connectivity index (χ3n) is 6.25. The quantitative estimate of drug-likeness (QED) is 0.250. The monoisotopic (exact) mass is 514 g/mol. The van der Waals surface area contributed by atoms with Crippen LogP contribution in [0.5, 0.6) is 5.75 Å². The molecule has 5 rings (SSSR count). The minimum absolute atomic E-state index is 0.0408. The lowest BCUT2D eigenvalue weighted by molar-refractivity contribution is -0.384. The van der Waals surface area contributed by atoms with Crippen LogP contribution in [0.2, 0.25) is 0 Å². The number of nitro groups is 1. The van der Waals surface area contributed by atoms with Gasteiger partial charge in [-0.05, 0) is 47.2 Å². The Hall–Kier alpha value is -3.95. The van der Waals surface area contributed by atoms with E-state index >= 15 is 0 Å². The van der Waals surface area contributed by atoms with Crippen LogP contribution in [-0.2, 0) is 17.9 Å². The molecule has 0 aromatic heterocycles. The second-order valence-corrected chi connectivity index (χ2v) is 9.82. The highest BCUT2D eigenvalue weighted by Gasteiger charge is 2.28. The lowest BCUT2D eigenvalue weighted by atomic mass is 10.1. The van der Waals surface area contributed by atoms with Crippen molar-refractivity contribution in [3.05, 3.63) is 111 Å². The molecule has 1 amide bonds. The minimum Gasteiger partial charge on any atom is -0.488 e. The van der Waals surface area contributed by atoms with E-state index in [0.29, 0.717) is 10.7 Å². The Balaban J connectivity index is 1.19. The van der Waals surface area contributed by atoms with Crippen LogP contribution < -0.4 is 4.74 Å². The first-order chi connectivity index (χ1) is 18.0. The number of carbonyl (C=O) groups excluding carboxylic acids is 1. The summed E-state index contributed by atoms with van der Waals surface area (Å²) >= 11 is 1.40. The van der Waals surface area contributed by atoms with Gasteiger partial charge in [0.25, 0.3) is 11.6 Å². The summed E-state index contributed by atoms with van der Waals surface area (Å²) in [5.74, 6) is 0.390. The van der Waals surface area contributed by atoms with E-state index in [4.69, 9.17) is 4.74 Å². The zero-order valence-electron chi connectivity index (χ0n) is 20.2. The zero-order chi connectivity index (χ0) is 25.6. The van der Waals surface area contributed by atoms with E-state index in [0.717, 1.165) is 49.0 Å². The molecular formula is C28H26N4O4S. The molecule has 1 saturated heterocycles. The lowest BCUT2D eigenvalue weighted by Crippen LogP contribution is -2.47. The topological polar surface area (TPSA) is 88.3 Å². The first-order valence-corrected chi connectivity index (χ1v) is 12.9. The molecule has 0 aliphatic carbocycles. The molecule has 0 saturated carbocycles. The number of nitrogens with zero attached hydrogens (tertiary/aromatic N) is 4. The lowest BCUT2D eigenvalue weighted by Gasteiger charge is -2.35. The van der Waals surface area contributed by atoms with Crippen LogP contribution in [0.1, 0.15) is 16.7 Å². The van der Waals surface area contributed by atoms with E-state index in [9.17, 15) is 14.9 Å². The number of thioether (sulfide) groups is 1. The van der Waals surface area contributed by atoms with E-state index in [1.165, 1.54) is 29.5 Å². The second kappa shape index (κ2) is 11.4. The summed E-state index contributed by atoms with van der Waals surface area (Å²) in [6, 6.07) is 24.2. The van der Waals surface area contributed by atoms with E-state index in [1.54, 1.807) is 12.1 Å². The van der Waals surface area contributed by atoms with Gasteiger partial charge in [0.15, 0.2) is 5.17 Å². The average Bonchev–Trinajstić information content (AvgIpc) is 3.29. The SMILES string of the molecule is O=C1N=C(N2CCN(Cc3ccccc3)CC2)SC1=Cc1ccccc1OCc1ccc([N+](=O)[O-])cc1. The van der Waals surface area contributed by atoms with E-state index < -0.39 is 4.92 Å². The number of aliphatic imine (C=N–C) groups is 1. The fourth-order valence-electron chi connectivity index (χ4n) is 4.22. The molecule has 0 unspecified atom stereocenters. The summed E-state index contributed by atoms with van der Waals surface area (Å²) in [6.45, 7) is 4.67. The fourth-order valence-corrected chi connectivity index (χ4v) is 5.18. The number of amides is 1. The van der Waals surface area contributed by atoms with Crippen molar-refractivity contribution in [1.29, 1.82) is 0 Å². The van der Waals surface area contributed by atoms with Crippen molar-refractivity contribution in [2.24, 2.45) is 4.99 Å². The molecule has 9 heteroatoms. The third kappa shape index (κ3) is 6.25. The first-order valence-electron chi connectivity index (χ1n) is 12.0. The van der Waals surface area contributed by atoms with Crippen molar-refractivity contribution in [3.63, 3.8) is 0 Å². The van der Waals surface area contributed by atoms with Crippen LogP contribution in [0, 0.1) is 10.1 Å². The van der Waals surface area contributed by atoms with Gasteiger partial charge in [-0.1, -0.05) is 48.5 Å². The zero-order valence-corrected chi connectivity index (χ0v) is 21.0. The van der Waals surface area contributed by atoms with Gasteiger partial charge >= 0.3 is 0 Å². The summed E-state index contributed by atoms with van der Waals surface area (Å²) in [6.07, 6.45) is 1.82. The molecule has 2 heterocycles. The van der Waals surface area contributed by atoms with Gasteiger partial charge in [0.2, 0.25) is 0 Å². The van der Waals surface area contributed by atoms with Gasteiger partial charge in [-0.2, -0.15) is 4.99 Å². The van der Waals surface area contributed by atoms with Crippen LogP contribution in [0.4, 0.5) is 5.69 Å². The molecule has 3 aromatic carbocycles. The van der Waals surface area contributed by atoms with Crippen molar-refractivity contribution >= 4 is 34.6 Å². The predicted molar refractivity (Wildman–Crippen MR) is 145 cm³/mol. The molecule has 3 aromatic rings. The van der Waals surface area contributed by atoms with Gasteiger partial charge in [-0.3, -0.25) is 19.8 Å². The van der Waals surface area contributed by atoms with E-state index in [-0.39, 0.29) is 18.2 Å². The van der Waals surface area contributed by atoms with Crippen LogP contribution in [0.25, 0.3) is 6.08 Å². The van der Waals surface area contributed by atoms with Crippen LogP contribution >= 0.6 is 11.8 Å². The summed E-state index contributed by atoms with van der Waals surface area (Å²) in [5, 5.41) is 11.6. The Bertz CT molecular complexity index is 1330. The van der Waals surface area contributed by atoms with Crippen molar-refractivity contribution in [2.45, 2.75) is 13.2 Å². The van der Waals surface area contributed by atoms with Gasteiger partial charge in [0, 0.05) is 50.4 Å².